The molecule has 3 aliphatic heterocycles. The number of methoxy groups -OCH3 is 1. The molecule has 15 nitrogen and oxygen atoms in total. The highest BCUT2D eigenvalue weighted by molar-refractivity contribution is 6.23. The van der Waals surface area contributed by atoms with Crippen LogP contribution in [0.1, 0.15) is 70.0 Å². The number of carbonyl (C=O) groups excluding carboxylic acids is 3. The zero-order chi connectivity index (χ0) is 40.4. The van der Waals surface area contributed by atoms with Crippen LogP contribution in [0.5, 0.6) is 23.0 Å². The Kier molecular flexibility index (Phi) is 12.7. The summed E-state index contributed by atoms with van der Waals surface area (Å²) in [7, 11) is 2.91. The minimum atomic E-state index is -2.04. The lowest BCUT2D eigenvalue weighted by atomic mass is 9.78. The maximum atomic E-state index is 14.2. The van der Waals surface area contributed by atoms with Crippen molar-refractivity contribution in [1.29, 1.82) is 0 Å². The molecule has 15 heteroatoms. The largest absolute Gasteiger partial charge is 0.507 e. The van der Waals surface area contributed by atoms with Crippen molar-refractivity contribution in [2.75, 3.05) is 19.5 Å². The van der Waals surface area contributed by atoms with Gasteiger partial charge in [-0.1, -0.05) is 45.9 Å². The molecule has 3 heterocycles. The fourth-order valence-corrected chi connectivity index (χ4v) is 7.00. The monoisotopic (exact) mass is 753 g/mol. The Hall–Kier alpha value is -5.12. The summed E-state index contributed by atoms with van der Waals surface area (Å²) in [5.74, 6) is -8.46. The first-order valence-electron chi connectivity index (χ1n) is 17.6. The van der Waals surface area contributed by atoms with E-state index >= 15 is 0 Å². The summed E-state index contributed by atoms with van der Waals surface area (Å²) in [5, 5.41) is 63.4. The number of allylic oxidation sites excluding steroid dienone is 2. The number of amides is 1. The molecule has 2 aromatic rings. The Balaban J connectivity index is 1.96. The summed E-state index contributed by atoms with van der Waals surface area (Å²) in [6.07, 6.45) is 4.62. The van der Waals surface area contributed by atoms with Crippen LogP contribution in [0, 0.1) is 30.6 Å². The number of phenolic OH excluding ortho intramolecular Hbond substituents is 3. The van der Waals surface area contributed by atoms with Crippen LogP contribution in [-0.4, -0.2) is 93.8 Å². The van der Waals surface area contributed by atoms with Gasteiger partial charge in [0.1, 0.15) is 23.4 Å². The number of rotatable bonds is 4. The number of nitrogens with zero attached hydrogens (tertiary/aromatic N) is 1. The van der Waals surface area contributed by atoms with Gasteiger partial charge in [-0.3, -0.25) is 14.4 Å². The summed E-state index contributed by atoms with van der Waals surface area (Å²) in [5.41, 5.74) is 2.05. The Labute approximate surface area is 313 Å². The fraction of sp³-hybridized carbons (Fsp3) is 0.487. The zero-order valence-corrected chi connectivity index (χ0v) is 32.1. The standard InChI is InChI=1S/C39H51N3O12/c1-17-12-11-13-18(2)38(50)42-29-24(16-41-40-9)33(47)26-27(34(29)48)32(46)22(6)36-28(26)37(49)39(8,54-36)52-15-14-25(51-10)19(3)35(53-23(7)43)21(5)31(45)20(4)30(17)44/h11-17,19-21,25,30-31,35,40,44-48H,1-10H3,(H,42,50)/b12-11+,15-14+,18-13-,41-16-. The molecule has 54 heavy (non-hydrogen) atoms. The number of aliphatic hydroxyl groups is 2. The van der Waals surface area contributed by atoms with E-state index < -0.39 is 88.8 Å². The van der Waals surface area contributed by atoms with Crippen LogP contribution in [0.3, 0.4) is 0 Å². The highest BCUT2D eigenvalue weighted by Gasteiger charge is 2.50. The molecule has 7 N–H and O–H groups in total. The van der Waals surface area contributed by atoms with Crippen molar-refractivity contribution in [1.82, 2.24) is 5.43 Å². The number of nitrogens with one attached hydrogen (secondary N) is 2. The Morgan fingerprint density at radius 3 is 2.26 bits per heavy atom. The van der Waals surface area contributed by atoms with Crippen molar-refractivity contribution in [3.8, 4) is 23.0 Å². The summed E-state index contributed by atoms with van der Waals surface area (Å²) >= 11 is 0. The van der Waals surface area contributed by atoms with E-state index in [2.05, 4.69) is 15.8 Å². The van der Waals surface area contributed by atoms with E-state index in [1.165, 1.54) is 60.3 Å². The number of fused-ring (bicyclic) bond motifs is 14. The molecule has 0 radical (unpaired) electrons. The summed E-state index contributed by atoms with van der Waals surface area (Å²) in [6.45, 7) is 12.4. The second kappa shape index (κ2) is 16.5. The SMILES string of the molecule is CN/N=C\c1c2c(O)c3c(O)c(C)c4c(c3c1O)C(=O)C(C)(O/C=C/C(OC)C(C)C(OC(C)=O)C(C)C(O)C(C)C(O)C(C)/C=C/C=C(/C)C(=O)N2)O4. The molecule has 1 amide bonds. The lowest BCUT2D eigenvalue weighted by Crippen LogP contribution is -2.46. The number of aromatic hydroxyl groups is 3. The molecular formula is C39H51N3O12. The smallest absolute Gasteiger partial charge is 0.312 e. The van der Waals surface area contributed by atoms with Crippen LogP contribution >= 0.6 is 0 Å². The van der Waals surface area contributed by atoms with Gasteiger partial charge in [0.25, 0.3) is 11.7 Å². The third-order valence-electron chi connectivity index (χ3n) is 10.4. The number of esters is 1. The Bertz CT molecular complexity index is 1920. The number of hydrazone groups is 1. The molecule has 294 valence electrons. The maximum Gasteiger partial charge on any atom is 0.312 e. The van der Waals surface area contributed by atoms with E-state index in [0.29, 0.717) is 0 Å². The maximum absolute atomic E-state index is 14.2. The van der Waals surface area contributed by atoms with Crippen LogP contribution < -0.4 is 15.5 Å². The summed E-state index contributed by atoms with van der Waals surface area (Å²) in [6, 6.07) is 0. The van der Waals surface area contributed by atoms with Crippen LogP contribution in [0.2, 0.25) is 0 Å². The third-order valence-corrected chi connectivity index (χ3v) is 10.4. The number of hydrogen-bond acceptors (Lipinski definition) is 14. The molecule has 3 aliphatic rings. The minimum absolute atomic E-state index is 0.0446. The number of carbonyl (C=O) groups is 3. The van der Waals surface area contributed by atoms with Crippen molar-refractivity contribution in [2.24, 2.45) is 28.8 Å². The number of phenols is 3. The van der Waals surface area contributed by atoms with E-state index in [-0.39, 0.29) is 44.5 Å². The first-order valence-corrected chi connectivity index (χ1v) is 17.6. The number of hydrogen-bond donors (Lipinski definition) is 7. The molecular weight excluding hydrogens is 702 g/mol. The predicted molar refractivity (Wildman–Crippen MR) is 200 cm³/mol. The molecule has 5 bridgehead atoms. The van der Waals surface area contributed by atoms with Crippen LogP contribution in [0.15, 0.2) is 41.2 Å². The second-order valence-corrected chi connectivity index (χ2v) is 14.1. The number of ketones is 1. The van der Waals surface area contributed by atoms with Crippen molar-refractivity contribution >= 4 is 40.3 Å². The molecule has 0 aliphatic carbocycles. The number of ether oxygens (including phenoxy) is 4. The van der Waals surface area contributed by atoms with Crippen molar-refractivity contribution in [2.45, 2.75) is 85.6 Å². The van der Waals surface area contributed by atoms with Gasteiger partial charge in [-0.25, -0.2) is 0 Å². The first kappa shape index (κ1) is 41.6. The fourth-order valence-electron chi connectivity index (χ4n) is 7.00. The normalized spacial score (nSPS) is 31.7. The Morgan fingerprint density at radius 2 is 1.65 bits per heavy atom. The van der Waals surface area contributed by atoms with Crippen molar-refractivity contribution in [3.05, 3.63) is 52.8 Å². The summed E-state index contributed by atoms with van der Waals surface area (Å²) < 4.78 is 23.4. The average molecular weight is 754 g/mol. The molecule has 0 saturated carbocycles. The van der Waals surface area contributed by atoms with E-state index in [9.17, 15) is 39.9 Å². The molecule has 2 aromatic carbocycles. The van der Waals surface area contributed by atoms with Crippen molar-refractivity contribution in [3.63, 3.8) is 0 Å². The number of Topliss-reactive ketones (excluding diaryl/α,β-unsaturated/α-hetero) is 1. The van der Waals surface area contributed by atoms with Crippen LogP contribution in [-0.2, 0) is 23.8 Å². The third kappa shape index (κ3) is 7.74. The zero-order valence-electron chi connectivity index (χ0n) is 32.1. The molecule has 0 saturated heterocycles. The van der Waals surface area contributed by atoms with Gasteiger partial charge in [0.15, 0.2) is 5.75 Å². The molecule has 9 atom stereocenters. The van der Waals surface area contributed by atoms with Gasteiger partial charge < -0.3 is 55.2 Å². The molecule has 5 rings (SSSR count). The topological polar surface area (TPSA) is 226 Å². The Morgan fingerprint density at radius 1 is 0.981 bits per heavy atom. The van der Waals surface area contributed by atoms with Gasteiger partial charge in [-0.15, -0.1) is 0 Å². The van der Waals surface area contributed by atoms with E-state index in [1.54, 1.807) is 39.8 Å². The lowest BCUT2D eigenvalue weighted by Gasteiger charge is -2.38. The van der Waals surface area contributed by atoms with E-state index in [4.69, 9.17) is 18.9 Å². The van der Waals surface area contributed by atoms with Gasteiger partial charge >= 0.3 is 11.8 Å². The molecule has 0 fully saturated rings. The molecule has 9 unspecified atom stereocenters. The van der Waals surface area contributed by atoms with Gasteiger partial charge in [0.05, 0.1) is 53.0 Å². The highest BCUT2D eigenvalue weighted by Crippen LogP contribution is 2.55. The molecule has 0 spiro atoms. The second-order valence-electron chi connectivity index (χ2n) is 14.1. The van der Waals surface area contributed by atoms with E-state index in [0.717, 1.165) is 6.21 Å². The van der Waals surface area contributed by atoms with Gasteiger partial charge in [0.2, 0.25) is 0 Å². The molecule has 0 aromatic heterocycles. The van der Waals surface area contributed by atoms with E-state index in [1.807, 2.05) is 0 Å². The number of anilines is 1. The van der Waals surface area contributed by atoms with Crippen molar-refractivity contribution < 1.29 is 58.9 Å². The van der Waals surface area contributed by atoms with Gasteiger partial charge in [0, 0.05) is 68.2 Å². The summed E-state index contributed by atoms with van der Waals surface area (Å²) in [4.78, 5) is 39.9. The lowest BCUT2D eigenvalue weighted by molar-refractivity contribution is -0.160. The quantitative estimate of drug-likeness (QED) is 0.0761. The first-order chi connectivity index (χ1) is 25.3. The number of aliphatic hydroxyl groups excluding tert-OH is 2. The van der Waals surface area contributed by atoms with Crippen LogP contribution in [0.4, 0.5) is 5.69 Å². The number of benzene rings is 2. The highest BCUT2D eigenvalue weighted by atomic mass is 16.7. The van der Waals surface area contributed by atoms with Gasteiger partial charge in [-0.05, 0) is 19.9 Å². The average Bonchev–Trinajstić information content (AvgIpc) is 3.39. The minimum Gasteiger partial charge on any atom is -0.507 e. The van der Waals surface area contributed by atoms with Gasteiger partial charge in [-0.2, -0.15) is 5.10 Å². The van der Waals surface area contributed by atoms with Crippen LogP contribution in [0.25, 0.3) is 10.8 Å². The predicted octanol–water partition coefficient (Wildman–Crippen LogP) is 4.31.